The maximum atomic E-state index is 5.43. The SMILES string of the molecule is Cl.Cl.NCCn1cnc2cccnc21. The molecular formula is C8H12Cl2N4. The molecule has 0 aliphatic carbocycles. The molecule has 0 aliphatic rings. The van der Waals surface area contributed by atoms with Crippen LogP contribution < -0.4 is 5.73 Å². The molecule has 2 rings (SSSR count). The van der Waals surface area contributed by atoms with Gasteiger partial charge in [0.05, 0.1) is 6.33 Å². The zero-order valence-electron chi connectivity index (χ0n) is 7.46. The van der Waals surface area contributed by atoms with Crippen LogP contribution in [0.5, 0.6) is 0 Å². The van der Waals surface area contributed by atoms with Gasteiger partial charge in [0, 0.05) is 19.3 Å². The van der Waals surface area contributed by atoms with E-state index in [2.05, 4.69) is 9.97 Å². The van der Waals surface area contributed by atoms with E-state index in [0.717, 1.165) is 17.7 Å². The normalized spacial score (nSPS) is 9.21. The van der Waals surface area contributed by atoms with E-state index in [1.54, 1.807) is 12.5 Å². The van der Waals surface area contributed by atoms with Gasteiger partial charge in [-0.1, -0.05) is 0 Å². The van der Waals surface area contributed by atoms with Crippen LogP contribution in [0.25, 0.3) is 11.2 Å². The van der Waals surface area contributed by atoms with E-state index >= 15 is 0 Å². The molecule has 2 heterocycles. The monoisotopic (exact) mass is 234 g/mol. The number of halogens is 2. The molecule has 0 saturated carbocycles. The zero-order chi connectivity index (χ0) is 8.39. The molecule has 0 aliphatic heterocycles. The van der Waals surface area contributed by atoms with Crippen LogP contribution in [-0.4, -0.2) is 21.1 Å². The van der Waals surface area contributed by atoms with Crippen LogP contribution in [-0.2, 0) is 6.54 Å². The van der Waals surface area contributed by atoms with Gasteiger partial charge < -0.3 is 10.3 Å². The summed E-state index contributed by atoms with van der Waals surface area (Å²) in [7, 11) is 0. The van der Waals surface area contributed by atoms with Gasteiger partial charge in [-0.25, -0.2) is 9.97 Å². The molecule has 0 radical (unpaired) electrons. The van der Waals surface area contributed by atoms with Crippen molar-refractivity contribution >= 4 is 36.0 Å². The zero-order valence-corrected chi connectivity index (χ0v) is 9.09. The van der Waals surface area contributed by atoms with Crippen LogP contribution in [0.2, 0.25) is 0 Å². The third kappa shape index (κ3) is 2.35. The Morgan fingerprint density at radius 1 is 1.29 bits per heavy atom. The molecule has 4 nitrogen and oxygen atoms in total. The second-order valence-corrected chi connectivity index (χ2v) is 2.57. The molecule has 0 spiro atoms. The van der Waals surface area contributed by atoms with E-state index in [1.165, 1.54) is 0 Å². The highest BCUT2D eigenvalue weighted by Crippen LogP contribution is 2.07. The van der Waals surface area contributed by atoms with Gasteiger partial charge in [0.25, 0.3) is 0 Å². The van der Waals surface area contributed by atoms with Crippen molar-refractivity contribution in [3.8, 4) is 0 Å². The molecule has 0 atom stereocenters. The van der Waals surface area contributed by atoms with E-state index < -0.39 is 0 Å². The number of fused-ring (bicyclic) bond motifs is 1. The van der Waals surface area contributed by atoms with E-state index in [9.17, 15) is 0 Å². The van der Waals surface area contributed by atoms with Crippen LogP contribution in [0, 0.1) is 0 Å². The van der Waals surface area contributed by atoms with Crippen molar-refractivity contribution < 1.29 is 0 Å². The highest BCUT2D eigenvalue weighted by atomic mass is 35.5. The number of hydrogen-bond donors (Lipinski definition) is 1. The van der Waals surface area contributed by atoms with E-state index in [0.29, 0.717) is 6.54 Å². The fourth-order valence-electron chi connectivity index (χ4n) is 1.20. The Morgan fingerprint density at radius 2 is 2.07 bits per heavy atom. The van der Waals surface area contributed by atoms with Crippen molar-refractivity contribution in [2.45, 2.75) is 6.54 Å². The molecule has 0 amide bonds. The maximum Gasteiger partial charge on any atom is 0.159 e. The average molecular weight is 235 g/mol. The number of hydrogen-bond acceptors (Lipinski definition) is 3. The Balaban J connectivity index is 0.000000845. The number of nitrogens with zero attached hydrogens (tertiary/aromatic N) is 3. The first-order valence-corrected chi connectivity index (χ1v) is 3.88. The number of nitrogens with two attached hydrogens (primary N) is 1. The molecule has 0 aromatic carbocycles. The Labute approximate surface area is 94.3 Å². The van der Waals surface area contributed by atoms with Crippen molar-refractivity contribution in [3.05, 3.63) is 24.7 Å². The summed E-state index contributed by atoms with van der Waals surface area (Å²) in [6.45, 7) is 1.38. The highest BCUT2D eigenvalue weighted by Gasteiger charge is 1.99. The van der Waals surface area contributed by atoms with Crippen LogP contribution in [0.15, 0.2) is 24.7 Å². The molecule has 14 heavy (non-hydrogen) atoms. The van der Waals surface area contributed by atoms with E-state index in [1.807, 2.05) is 16.7 Å². The second-order valence-electron chi connectivity index (χ2n) is 2.57. The van der Waals surface area contributed by atoms with Crippen molar-refractivity contribution in [2.24, 2.45) is 5.73 Å². The Bertz CT molecular complexity index is 387. The minimum Gasteiger partial charge on any atom is -0.329 e. The van der Waals surface area contributed by atoms with Gasteiger partial charge in [-0.05, 0) is 12.1 Å². The van der Waals surface area contributed by atoms with E-state index in [4.69, 9.17) is 5.73 Å². The minimum absolute atomic E-state index is 0. The van der Waals surface area contributed by atoms with Crippen molar-refractivity contribution in [1.29, 1.82) is 0 Å². The summed E-state index contributed by atoms with van der Waals surface area (Å²) in [6, 6.07) is 3.82. The summed E-state index contributed by atoms with van der Waals surface area (Å²) in [6.07, 6.45) is 3.53. The van der Waals surface area contributed by atoms with Gasteiger partial charge in [0.1, 0.15) is 5.52 Å². The Kier molecular flexibility index (Phi) is 5.45. The summed E-state index contributed by atoms with van der Waals surface area (Å²) in [5.41, 5.74) is 7.26. The third-order valence-electron chi connectivity index (χ3n) is 1.74. The molecular weight excluding hydrogens is 223 g/mol. The molecule has 6 heteroatoms. The summed E-state index contributed by atoms with van der Waals surface area (Å²) in [4.78, 5) is 8.39. The first kappa shape index (κ1) is 13.2. The number of pyridine rings is 1. The standard InChI is InChI=1S/C8H10N4.2ClH/c9-3-5-12-6-11-7-2-1-4-10-8(7)12;;/h1-2,4,6H,3,5,9H2;2*1H. The lowest BCUT2D eigenvalue weighted by Crippen LogP contribution is -2.09. The second kappa shape index (κ2) is 5.80. The van der Waals surface area contributed by atoms with Gasteiger partial charge in [-0.15, -0.1) is 24.8 Å². The lowest BCUT2D eigenvalue weighted by molar-refractivity contribution is 0.721. The van der Waals surface area contributed by atoms with Gasteiger partial charge in [0.15, 0.2) is 5.65 Å². The first-order chi connectivity index (χ1) is 5.92. The molecule has 78 valence electrons. The summed E-state index contributed by atoms with van der Waals surface area (Å²) in [5, 5.41) is 0. The van der Waals surface area contributed by atoms with Crippen molar-refractivity contribution in [1.82, 2.24) is 14.5 Å². The summed E-state index contributed by atoms with van der Waals surface area (Å²) in [5.74, 6) is 0. The third-order valence-corrected chi connectivity index (χ3v) is 1.74. The molecule has 0 fully saturated rings. The van der Waals surface area contributed by atoms with Crippen LogP contribution in [0.4, 0.5) is 0 Å². The van der Waals surface area contributed by atoms with Gasteiger partial charge in [-0.3, -0.25) is 0 Å². The van der Waals surface area contributed by atoms with E-state index in [-0.39, 0.29) is 24.8 Å². The lowest BCUT2D eigenvalue weighted by atomic mass is 10.4. The van der Waals surface area contributed by atoms with Crippen LogP contribution in [0.3, 0.4) is 0 Å². The fraction of sp³-hybridized carbons (Fsp3) is 0.250. The smallest absolute Gasteiger partial charge is 0.159 e. The molecule has 2 N–H and O–H groups in total. The fourth-order valence-corrected chi connectivity index (χ4v) is 1.20. The largest absolute Gasteiger partial charge is 0.329 e. The highest BCUT2D eigenvalue weighted by molar-refractivity contribution is 5.85. The number of aromatic nitrogens is 3. The predicted molar refractivity (Wildman–Crippen MR) is 61.1 cm³/mol. The molecule has 0 saturated heterocycles. The van der Waals surface area contributed by atoms with Crippen LogP contribution >= 0.6 is 24.8 Å². The lowest BCUT2D eigenvalue weighted by Gasteiger charge is -1.98. The van der Waals surface area contributed by atoms with Crippen molar-refractivity contribution in [3.63, 3.8) is 0 Å². The van der Waals surface area contributed by atoms with Crippen LogP contribution in [0.1, 0.15) is 0 Å². The quantitative estimate of drug-likeness (QED) is 0.851. The Hall–Kier alpha value is -0.840. The minimum atomic E-state index is 0. The molecule has 0 unspecified atom stereocenters. The summed E-state index contributed by atoms with van der Waals surface area (Å²) < 4.78 is 1.95. The summed E-state index contributed by atoms with van der Waals surface area (Å²) >= 11 is 0. The topological polar surface area (TPSA) is 56.7 Å². The predicted octanol–water partition coefficient (Wildman–Crippen LogP) is 1.23. The number of rotatable bonds is 2. The van der Waals surface area contributed by atoms with Gasteiger partial charge in [0.2, 0.25) is 0 Å². The molecule has 0 bridgehead atoms. The Morgan fingerprint density at radius 3 is 2.79 bits per heavy atom. The molecule has 2 aromatic rings. The van der Waals surface area contributed by atoms with Gasteiger partial charge in [-0.2, -0.15) is 0 Å². The molecule has 2 aromatic heterocycles. The first-order valence-electron chi connectivity index (χ1n) is 3.88. The maximum absolute atomic E-state index is 5.43. The van der Waals surface area contributed by atoms with Crippen molar-refractivity contribution in [2.75, 3.05) is 6.54 Å². The number of imidazole rings is 1. The average Bonchev–Trinajstić information content (AvgIpc) is 2.50. The van der Waals surface area contributed by atoms with Gasteiger partial charge >= 0.3 is 0 Å².